The molecule has 1 N–H and O–H groups in total. The number of thioether (sulfide) groups is 1. The number of anilines is 2. The average molecular weight is 556 g/mol. The summed E-state index contributed by atoms with van der Waals surface area (Å²) < 4.78 is 4.78. The number of rotatable bonds is 13. The summed E-state index contributed by atoms with van der Waals surface area (Å²) in [5.41, 5.74) is 1.79. The van der Waals surface area contributed by atoms with E-state index in [1.54, 1.807) is 28.8 Å². The van der Waals surface area contributed by atoms with Crippen LogP contribution in [0.5, 0.6) is 0 Å². The lowest BCUT2D eigenvalue weighted by Gasteiger charge is -2.40. The van der Waals surface area contributed by atoms with Crippen molar-refractivity contribution in [3.8, 4) is 0 Å². The first kappa shape index (κ1) is 29.2. The van der Waals surface area contributed by atoms with Gasteiger partial charge in [0.15, 0.2) is 0 Å². The van der Waals surface area contributed by atoms with E-state index in [-0.39, 0.29) is 55.3 Å². The topological polar surface area (TPSA) is 90.4 Å². The van der Waals surface area contributed by atoms with Gasteiger partial charge in [-0.1, -0.05) is 19.1 Å². The third kappa shape index (κ3) is 4.88. The fourth-order valence-corrected chi connectivity index (χ4v) is 9.19. The van der Waals surface area contributed by atoms with Crippen molar-refractivity contribution in [3.05, 3.63) is 49.6 Å². The largest absolute Gasteiger partial charge is 0.465 e. The van der Waals surface area contributed by atoms with Crippen molar-refractivity contribution in [1.82, 2.24) is 4.90 Å². The van der Waals surface area contributed by atoms with Crippen LogP contribution in [0.2, 0.25) is 0 Å². The van der Waals surface area contributed by atoms with Crippen molar-refractivity contribution in [1.29, 1.82) is 0 Å². The number of ether oxygens (including phenoxy) is 1. The number of carbonyl (C=O) groups is 3. The van der Waals surface area contributed by atoms with Gasteiger partial charge in [-0.25, -0.2) is 0 Å². The zero-order chi connectivity index (χ0) is 28.3. The lowest BCUT2D eigenvalue weighted by molar-refractivity contribution is -0.154. The Hall–Kier alpha value is -2.78. The first-order chi connectivity index (χ1) is 18.8. The van der Waals surface area contributed by atoms with E-state index in [9.17, 15) is 19.5 Å². The fraction of sp³-hybridized carbons (Fsp3) is 0.567. The summed E-state index contributed by atoms with van der Waals surface area (Å²) in [4.78, 5) is 47.1. The Bertz CT molecular complexity index is 1090. The van der Waals surface area contributed by atoms with Crippen molar-refractivity contribution in [2.24, 2.45) is 17.8 Å². The van der Waals surface area contributed by atoms with E-state index in [2.05, 4.69) is 38.8 Å². The molecule has 0 aromatic heterocycles. The van der Waals surface area contributed by atoms with Gasteiger partial charge >= 0.3 is 5.97 Å². The summed E-state index contributed by atoms with van der Waals surface area (Å²) in [7, 11) is 0. The Kier molecular flexibility index (Phi) is 9.11. The number of nitrogens with zero attached hydrogens (tertiary/aromatic N) is 3. The van der Waals surface area contributed by atoms with Gasteiger partial charge in [0.2, 0.25) is 5.91 Å². The van der Waals surface area contributed by atoms with Crippen LogP contribution in [-0.2, 0) is 19.1 Å². The molecule has 3 unspecified atom stereocenters. The lowest BCUT2D eigenvalue weighted by atomic mass is 9.66. The molecule has 8 nitrogen and oxygen atoms in total. The molecule has 212 valence electrons. The summed E-state index contributed by atoms with van der Waals surface area (Å²) in [5, 5.41) is 9.81. The smallest absolute Gasteiger partial charge is 0.310 e. The monoisotopic (exact) mass is 555 g/mol. The molecule has 3 fully saturated rings. The highest BCUT2D eigenvalue weighted by atomic mass is 32.2. The Balaban J connectivity index is 1.71. The van der Waals surface area contributed by atoms with E-state index in [1.807, 2.05) is 24.3 Å². The maximum Gasteiger partial charge on any atom is 0.310 e. The quantitative estimate of drug-likeness (QED) is 0.226. The second kappa shape index (κ2) is 12.2. The van der Waals surface area contributed by atoms with Crippen LogP contribution in [0.4, 0.5) is 11.4 Å². The first-order valence-electron chi connectivity index (χ1n) is 13.9. The number of likely N-dealkylation sites (tertiary alicyclic amines) is 1. The van der Waals surface area contributed by atoms with Crippen LogP contribution in [0, 0.1) is 17.8 Å². The van der Waals surface area contributed by atoms with Gasteiger partial charge in [-0.3, -0.25) is 14.4 Å². The standard InChI is InChI=1S/C30H41N3O5S/c1-6-10-18-38-29(37)24-23-19-20(5)30(39-23)25(24)27(35)33(16-17-34)26(30)28(36)32(15-7-2)22-13-11-21(12-14-22)31(8-3)9-4/h6-7,11-14,20,23-26,34H,1-2,8-10,15-19H2,3-5H3/t20?,23-,24+,25-,26?,30?/m0/s1. The number of benzene rings is 1. The molecule has 2 bridgehead atoms. The minimum absolute atomic E-state index is 0.0342. The van der Waals surface area contributed by atoms with E-state index in [4.69, 9.17) is 4.74 Å². The van der Waals surface area contributed by atoms with Gasteiger partial charge in [-0.15, -0.1) is 24.9 Å². The molecule has 1 spiro atoms. The fourth-order valence-electron chi connectivity index (χ4n) is 6.79. The maximum atomic E-state index is 14.5. The van der Waals surface area contributed by atoms with Crippen LogP contribution in [0.1, 0.15) is 33.6 Å². The highest BCUT2D eigenvalue weighted by molar-refractivity contribution is 8.02. The van der Waals surface area contributed by atoms with Gasteiger partial charge in [0.05, 0.1) is 29.8 Å². The van der Waals surface area contributed by atoms with Crippen molar-refractivity contribution in [2.75, 3.05) is 49.2 Å². The van der Waals surface area contributed by atoms with E-state index >= 15 is 0 Å². The highest BCUT2D eigenvalue weighted by Gasteiger charge is 2.76. The number of hydrogen-bond donors (Lipinski definition) is 1. The minimum Gasteiger partial charge on any atom is -0.465 e. The summed E-state index contributed by atoms with van der Waals surface area (Å²) in [6.45, 7) is 15.9. The number of esters is 1. The van der Waals surface area contributed by atoms with Crippen LogP contribution in [0.15, 0.2) is 49.6 Å². The van der Waals surface area contributed by atoms with E-state index in [0.717, 1.165) is 30.9 Å². The number of hydrogen-bond acceptors (Lipinski definition) is 7. The number of β-amino-alcohol motifs (C(OH)–C–C–N with tert-alkyl or cyclic N) is 1. The Morgan fingerprint density at radius 1 is 1.18 bits per heavy atom. The second-order valence-electron chi connectivity index (χ2n) is 10.5. The maximum absolute atomic E-state index is 14.5. The molecule has 0 saturated carbocycles. The molecular weight excluding hydrogens is 514 g/mol. The minimum atomic E-state index is -0.805. The molecule has 0 radical (unpaired) electrons. The van der Waals surface area contributed by atoms with Gasteiger partial charge < -0.3 is 24.5 Å². The molecule has 39 heavy (non-hydrogen) atoms. The number of amides is 2. The second-order valence-corrected chi connectivity index (χ2v) is 12.0. The van der Waals surface area contributed by atoms with Gasteiger partial charge in [-0.05, 0) is 56.9 Å². The summed E-state index contributed by atoms with van der Waals surface area (Å²) in [5.74, 6) is -2.08. The highest BCUT2D eigenvalue weighted by Crippen LogP contribution is 2.68. The van der Waals surface area contributed by atoms with Crippen molar-refractivity contribution in [2.45, 2.75) is 49.7 Å². The number of aliphatic hydroxyl groups is 1. The Labute approximate surface area is 236 Å². The predicted octanol–water partition coefficient (Wildman–Crippen LogP) is 3.50. The van der Waals surface area contributed by atoms with Gasteiger partial charge in [-0.2, -0.15) is 0 Å². The van der Waals surface area contributed by atoms with E-state index in [1.165, 1.54) is 4.90 Å². The Morgan fingerprint density at radius 3 is 2.44 bits per heavy atom. The van der Waals surface area contributed by atoms with Crippen molar-refractivity contribution >= 4 is 40.9 Å². The molecule has 6 atom stereocenters. The van der Waals surface area contributed by atoms with E-state index in [0.29, 0.717) is 6.42 Å². The third-order valence-corrected chi connectivity index (χ3v) is 10.6. The van der Waals surface area contributed by atoms with E-state index < -0.39 is 22.6 Å². The van der Waals surface area contributed by atoms with Gasteiger partial charge in [0.25, 0.3) is 5.91 Å². The zero-order valence-electron chi connectivity index (χ0n) is 23.3. The van der Waals surface area contributed by atoms with Crippen LogP contribution in [0.25, 0.3) is 0 Å². The molecule has 3 heterocycles. The van der Waals surface area contributed by atoms with Crippen LogP contribution in [0.3, 0.4) is 0 Å². The SMILES string of the molecule is C=CCCOC(=O)[C@@H]1[C@@H]2CC(C)C3(S2)C(C(=O)N(CC=C)c2ccc(N(CC)CC)cc2)N(CCO)C(=O)[C@H]13. The molecule has 1 aromatic carbocycles. The van der Waals surface area contributed by atoms with Gasteiger partial charge in [0.1, 0.15) is 6.04 Å². The van der Waals surface area contributed by atoms with Crippen molar-refractivity contribution < 1.29 is 24.2 Å². The molecule has 2 amide bonds. The molecule has 3 aliphatic rings. The number of aliphatic hydroxyl groups excluding tert-OH is 1. The molecule has 1 aromatic rings. The predicted molar refractivity (Wildman–Crippen MR) is 156 cm³/mol. The summed E-state index contributed by atoms with van der Waals surface area (Å²) in [6.07, 6.45) is 4.64. The van der Waals surface area contributed by atoms with Gasteiger partial charge in [0, 0.05) is 42.8 Å². The summed E-state index contributed by atoms with van der Waals surface area (Å²) in [6, 6.07) is 7.07. The van der Waals surface area contributed by atoms with Crippen molar-refractivity contribution in [3.63, 3.8) is 0 Å². The number of fused-ring (bicyclic) bond motifs is 1. The van der Waals surface area contributed by atoms with Crippen LogP contribution < -0.4 is 9.80 Å². The lowest BCUT2D eigenvalue weighted by Crippen LogP contribution is -2.57. The first-order valence-corrected chi connectivity index (χ1v) is 14.8. The molecule has 0 aliphatic carbocycles. The molecule has 3 aliphatic heterocycles. The average Bonchev–Trinajstić information content (AvgIpc) is 3.52. The third-order valence-electron chi connectivity index (χ3n) is 8.53. The summed E-state index contributed by atoms with van der Waals surface area (Å²) >= 11 is 1.60. The zero-order valence-corrected chi connectivity index (χ0v) is 24.1. The Morgan fingerprint density at radius 2 is 1.85 bits per heavy atom. The van der Waals surface area contributed by atoms with Crippen LogP contribution >= 0.6 is 11.8 Å². The number of carbonyl (C=O) groups excluding carboxylic acids is 3. The van der Waals surface area contributed by atoms with Crippen LogP contribution in [-0.4, -0.2) is 83.2 Å². The normalized spacial score (nSPS) is 28.8. The molecule has 9 heteroatoms. The molecular formula is C30H41N3O5S. The molecule has 3 saturated heterocycles. The molecule has 4 rings (SSSR count).